The lowest BCUT2D eigenvalue weighted by Gasteiger charge is -2.48. The molecule has 0 atom stereocenters. The number of carbonyl (C=O) groups is 1. The summed E-state index contributed by atoms with van der Waals surface area (Å²) < 4.78 is 2.01. The molecule has 4 rings (SSSR count). The number of hydrogen-bond acceptors (Lipinski definition) is 5. The lowest BCUT2D eigenvalue weighted by Crippen LogP contribution is -2.65. The number of thiazole rings is 1. The maximum atomic E-state index is 12.5. The van der Waals surface area contributed by atoms with Crippen LogP contribution in [0.5, 0.6) is 0 Å². The predicted octanol–water partition coefficient (Wildman–Crippen LogP) is 2.45. The quantitative estimate of drug-likeness (QED) is 0.789. The van der Waals surface area contributed by atoms with E-state index in [2.05, 4.69) is 4.98 Å². The van der Waals surface area contributed by atoms with Crippen LogP contribution in [0.3, 0.4) is 0 Å². The number of thiophene rings is 1. The van der Waals surface area contributed by atoms with Gasteiger partial charge in [-0.3, -0.25) is 9.20 Å². The standard InChI is InChI=1S/C14H15N3O2S2/c1-8(2)14(19)6-16(7-14)12(18)10-5-9-11(21-10)15-13-17(9)3-4-20-13/h3-5,8,19H,6-7H2,1-2H3. The van der Waals surface area contributed by atoms with Gasteiger partial charge < -0.3 is 10.0 Å². The third-order valence-electron chi connectivity index (χ3n) is 4.24. The number of amides is 1. The first-order valence-electron chi connectivity index (χ1n) is 6.85. The largest absolute Gasteiger partial charge is 0.386 e. The van der Waals surface area contributed by atoms with Crippen molar-refractivity contribution in [1.82, 2.24) is 14.3 Å². The van der Waals surface area contributed by atoms with E-state index in [9.17, 15) is 9.90 Å². The van der Waals surface area contributed by atoms with Crippen LogP contribution in [0.25, 0.3) is 15.3 Å². The zero-order valence-electron chi connectivity index (χ0n) is 11.7. The smallest absolute Gasteiger partial charge is 0.264 e. The fraction of sp³-hybridized carbons (Fsp3) is 0.429. The molecule has 3 aromatic rings. The van der Waals surface area contributed by atoms with Crippen molar-refractivity contribution in [3.05, 3.63) is 22.5 Å². The van der Waals surface area contributed by atoms with Crippen molar-refractivity contribution in [2.75, 3.05) is 13.1 Å². The fourth-order valence-electron chi connectivity index (χ4n) is 2.63. The summed E-state index contributed by atoms with van der Waals surface area (Å²) >= 11 is 3.01. The van der Waals surface area contributed by atoms with Crippen molar-refractivity contribution >= 4 is 43.9 Å². The molecule has 5 nitrogen and oxygen atoms in total. The fourth-order valence-corrected chi connectivity index (χ4v) is 4.40. The summed E-state index contributed by atoms with van der Waals surface area (Å²) in [6, 6.07) is 1.90. The van der Waals surface area contributed by atoms with Gasteiger partial charge in [0.25, 0.3) is 5.91 Å². The lowest BCUT2D eigenvalue weighted by molar-refractivity contribution is -0.110. The highest BCUT2D eigenvalue weighted by molar-refractivity contribution is 7.21. The van der Waals surface area contributed by atoms with E-state index in [1.54, 1.807) is 16.2 Å². The summed E-state index contributed by atoms with van der Waals surface area (Å²) in [5, 5.41) is 12.2. The summed E-state index contributed by atoms with van der Waals surface area (Å²) in [6.45, 7) is 4.80. The first-order valence-corrected chi connectivity index (χ1v) is 8.54. The minimum absolute atomic E-state index is 0.00713. The van der Waals surface area contributed by atoms with Gasteiger partial charge in [0.1, 0.15) is 10.4 Å². The molecule has 1 aliphatic rings. The molecule has 1 aliphatic heterocycles. The van der Waals surface area contributed by atoms with Crippen molar-refractivity contribution in [1.29, 1.82) is 0 Å². The van der Waals surface area contributed by atoms with Gasteiger partial charge in [-0.1, -0.05) is 13.8 Å². The van der Waals surface area contributed by atoms with E-state index in [0.717, 1.165) is 15.3 Å². The van der Waals surface area contributed by atoms with Gasteiger partial charge >= 0.3 is 0 Å². The number of rotatable bonds is 2. The molecule has 0 radical (unpaired) electrons. The van der Waals surface area contributed by atoms with E-state index < -0.39 is 5.60 Å². The number of aromatic nitrogens is 2. The average Bonchev–Trinajstić information content (AvgIpc) is 3.04. The van der Waals surface area contributed by atoms with Crippen LogP contribution in [0.1, 0.15) is 23.5 Å². The third kappa shape index (κ3) is 1.84. The summed E-state index contributed by atoms with van der Waals surface area (Å²) in [4.78, 5) is 21.2. The second-order valence-electron chi connectivity index (χ2n) is 5.89. The van der Waals surface area contributed by atoms with Gasteiger partial charge in [-0.05, 0) is 12.0 Å². The van der Waals surface area contributed by atoms with Gasteiger partial charge in [0.05, 0.1) is 23.5 Å². The van der Waals surface area contributed by atoms with Crippen molar-refractivity contribution in [3.8, 4) is 0 Å². The van der Waals surface area contributed by atoms with Crippen LogP contribution < -0.4 is 0 Å². The molecule has 1 saturated heterocycles. The van der Waals surface area contributed by atoms with Crippen LogP contribution in [-0.4, -0.2) is 44.0 Å². The van der Waals surface area contributed by atoms with Gasteiger partial charge in [-0.25, -0.2) is 4.98 Å². The molecule has 3 aromatic heterocycles. The van der Waals surface area contributed by atoms with Crippen LogP contribution in [0.15, 0.2) is 17.6 Å². The zero-order chi connectivity index (χ0) is 14.8. The molecule has 0 unspecified atom stereocenters. The van der Waals surface area contributed by atoms with Gasteiger partial charge in [0, 0.05) is 11.6 Å². The molecule has 0 bridgehead atoms. The summed E-state index contributed by atoms with van der Waals surface area (Å²) in [7, 11) is 0. The number of fused-ring (bicyclic) bond motifs is 3. The Bertz CT molecular complexity index is 839. The van der Waals surface area contributed by atoms with E-state index >= 15 is 0 Å². The first-order chi connectivity index (χ1) is 9.98. The van der Waals surface area contributed by atoms with E-state index in [1.165, 1.54) is 11.3 Å². The molecule has 7 heteroatoms. The Labute approximate surface area is 129 Å². The van der Waals surface area contributed by atoms with Crippen LogP contribution in [0, 0.1) is 5.92 Å². The van der Waals surface area contributed by atoms with Crippen molar-refractivity contribution < 1.29 is 9.90 Å². The van der Waals surface area contributed by atoms with Gasteiger partial charge in [-0.15, -0.1) is 22.7 Å². The van der Waals surface area contributed by atoms with Crippen molar-refractivity contribution in [2.45, 2.75) is 19.4 Å². The molecule has 0 spiro atoms. The first kappa shape index (κ1) is 13.2. The average molecular weight is 321 g/mol. The Kier molecular flexibility index (Phi) is 2.70. The topological polar surface area (TPSA) is 57.8 Å². The van der Waals surface area contributed by atoms with E-state index in [1.807, 2.05) is 35.9 Å². The van der Waals surface area contributed by atoms with Crippen LogP contribution in [0.2, 0.25) is 0 Å². The lowest BCUT2D eigenvalue weighted by atomic mass is 9.83. The van der Waals surface area contributed by atoms with E-state index in [4.69, 9.17) is 0 Å². The van der Waals surface area contributed by atoms with Gasteiger partial charge in [0.2, 0.25) is 0 Å². The van der Waals surface area contributed by atoms with E-state index in [0.29, 0.717) is 18.0 Å². The molecule has 110 valence electrons. The normalized spacial score (nSPS) is 17.8. The molecule has 0 aromatic carbocycles. The molecule has 1 N–H and O–H groups in total. The second-order valence-corrected chi connectivity index (χ2v) is 7.79. The highest BCUT2D eigenvalue weighted by Crippen LogP contribution is 2.33. The maximum absolute atomic E-state index is 12.5. The molecule has 1 fully saturated rings. The van der Waals surface area contributed by atoms with Crippen molar-refractivity contribution in [3.63, 3.8) is 0 Å². The Morgan fingerprint density at radius 2 is 2.24 bits per heavy atom. The maximum Gasteiger partial charge on any atom is 0.264 e. The number of nitrogens with zero attached hydrogens (tertiary/aromatic N) is 3. The van der Waals surface area contributed by atoms with Crippen molar-refractivity contribution in [2.24, 2.45) is 5.92 Å². The van der Waals surface area contributed by atoms with Crippen LogP contribution in [0.4, 0.5) is 0 Å². The monoisotopic (exact) mass is 321 g/mol. The third-order valence-corrected chi connectivity index (χ3v) is 6.00. The summed E-state index contributed by atoms with van der Waals surface area (Å²) in [5.41, 5.74) is 0.259. The number of imidazole rings is 1. The molecule has 0 aliphatic carbocycles. The predicted molar refractivity (Wildman–Crippen MR) is 84.1 cm³/mol. The van der Waals surface area contributed by atoms with Gasteiger partial charge in [-0.2, -0.15) is 0 Å². The molecule has 1 amide bonds. The number of hydrogen-bond donors (Lipinski definition) is 1. The van der Waals surface area contributed by atoms with Crippen LogP contribution >= 0.6 is 22.7 Å². The number of carbonyl (C=O) groups excluding carboxylic acids is 1. The minimum atomic E-state index is -0.727. The molecule has 21 heavy (non-hydrogen) atoms. The Morgan fingerprint density at radius 3 is 2.95 bits per heavy atom. The Morgan fingerprint density at radius 1 is 1.48 bits per heavy atom. The molecule has 4 heterocycles. The number of likely N-dealkylation sites (tertiary alicyclic amines) is 1. The highest BCUT2D eigenvalue weighted by atomic mass is 32.1. The Balaban J connectivity index is 1.62. The minimum Gasteiger partial charge on any atom is -0.386 e. The molecular weight excluding hydrogens is 306 g/mol. The second kappa shape index (κ2) is 4.28. The Hall–Kier alpha value is -1.44. The SMILES string of the molecule is CC(C)C1(O)CN(C(=O)c2cc3c(nc4sccn43)s2)C1. The van der Waals surface area contributed by atoms with E-state index in [-0.39, 0.29) is 11.8 Å². The zero-order valence-corrected chi connectivity index (χ0v) is 13.4. The summed E-state index contributed by atoms with van der Waals surface area (Å²) in [6.07, 6.45) is 1.97. The number of β-amino-alcohol motifs (C(OH)–C–C–N with tert-alkyl or cyclic N) is 1. The molecular formula is C14H15N3O2S2. The van der Waals surface area contributed by atoms with Crippen LogP contribution in [-0.2, 0) is 0 Å². The number of aliphatic hydroxyl groups is 1. The molecule has 0 saturated carbocycles. The highest BCUT2D eigenvalue weighted by Gasteiger charge is 2.46. The van der Waals surface area contributed by atoms with Gasteiger partial charge in [0.15, 0.2) is 4.96 Å². The summed E-state index contributed by atoms with van der Waals surface area (Å²) in [5.74, 6) is 0.154.